The highest BCUT2D eigenvalue weighted by atomic mass is 32.2. The van der Waals surface area contributed by atoms with Gasteiger partial charge in [-0.3, -0.25) is 0 Å². The monoisotopic (exact) mass is 216 g/mol. The molecule has 0 amide bonds. The second-order valence-corrected chi connectivity index (χ2v) is 5.58. The van der Waals surface area contributed by atoms with Gasteiger partial charge in [0.25, 0.3) is 0 Å². The van der Waals surface area contributed by atoms with Gasteiger partial charge in [0.2, 0.25) is 0 Å². The summed E-state index contributed by atoms with van der Waals surface area (Å²) in [5.41, 5.74) is 0. The third kappa shape index (κ3) is 5.89. The molecule has 1 atom stereocenters. The fraction of sp³-hybridized carbons (Fsp3) is 1.00. The molecule has 1 aliphatic rings. The number of rotatable bonds is 7. The molecule has 0 aromatic carbocycles. The van der Waals surface area contributed by atoms with Crippen molar-refractivity contribution in [3.63, 3.8) is 0 Å². The molecular weight excluding hydrogens is 192 g/mol. The van der Waals surface area contributed by atoms with Crippen LogP contribution in [0.25, 0.3) is 0 Å². The molecule has 0 radical (unpaired) electrons. The Kier molecular flexibility index (Phi) is 6.65. The van der Waals surface area contributed by atoms with Crippen LogP contribution in [-0.4, -0.2) is 49.6 Å². The molecule has 2 nitrogen and oxygen atoms in total. The topological polar surface area (TPSA) is 15.3 Å². The average Bonchev–Trinajstić information content (AvgIpc) is 2.63. The lowest BCUT2D eigenvalue weighted by molar-refractivity contribution is 0.437. The molecule has 0 aromatic rings. The second-order valence-electron chi connectivity index (χ2n) is 4.35. The van der Waals surface area contributed by atoms with E-state index in [9.17, 15) is 0 Å². The minimum atomic E-state index is 0.837. The van der Waals surface area contributed by atoms with Crippen molar-refractivity contribution in [1.29, 1.82) is 0 Å². The van der Waals surface area contributed by atoms with Crippen LogP contribution in [0.1, 0.15) is 25.7 Å². The molecule has 0 aromatic heterocycles. The van der Waals surface area contributed by atoms with Crippen LogP contribution in [0, 0.1) is 0 Å². The molecule has 0 spiro atoms. The van der Waals surface area contributed by atoms with Crippen LogP contribution in [0.4, 0.5) is 0 Å². The molecule has 1 fully saturated rings. The third-order valence-electron chi connectivity index (χ3n) is 2.69. The number of nitrogens with zero attached hydrogens (tertiary/aromatic N) is 1. The average molecular weight is 216 g/mol. The van der Waals surface area contributed by atoms with Crippen molar-refractivity contribution in [3.8, 4) is 0 Å². The summed E-state index contributed by atoms with van der Waals surface area (Å²) in [6.07, 6.45) is 5.56. The molecule has 3 heteroatoms. The first-order chi connectivity index (χ1) is 6.79. The van der Waals surface area contributed by atoms with Crippen molar-refractivity contribution in [1.82, 2.24) is 10.2 Å². The van der Waals surface area contributed by atoms with Gasteiger partial charge in [-0.25, -0.2) is 0 Å². The van der Waals surface area contributed by atoms with Gasteiger partial charge >= 0.3 is 0 Å². The zero-order chi connectivity index (χ0) is 10.2. The minimum absolute atomic E-state index is 0.837. The highest BCUT2D eigenvalue weighted by molar-refractivity contribution is 7.99. The number of thioether (sulfide) groups is 1. The SMILES string of the molecule is CN(C)CCSCCCC1CCCN1. The molecule has 1 N–H and O–H groups in total. The van der Waals surface area contributed by atoms with E-state index in [2.05, 4.69) is 36.1 Å². The Morgan fingerprint density at radius 1 is 1.36 bits per heavy atom. The molecule has 1 unspecified atom stereocenters. The Bertz CT molecular complexity index is 133. The molecule has 1 saturated heterocycles. The van der Waals surface area contributed by atoms with Crippen molar-refractivity contribution < 1.29 is 0 Å². The van der Waals surface area contributed by atoms with E-state index in [-0.39, 0.29) is 0 Å². The lowest BCUT2D eigenvalue weighted by Gasteiger charge is -2.10. The molecule has 84 valence electrons. The van der Waals surface area contributed by atoms with Gasteiger partial charge in [-0.05, 0) is 52.1 Å². The van der Waals surface area contributed by atoms with Gasteiger partial charge in [-0.1, -0.05) is 0 Å². The first kappa shape index (κ1) is 12.3. The van der Waals surface area contributed by atoms with Crippen molar-refractivity contribution >= 4 is 11.8 Å². The van der Waals surface area contributed by atoms with Gasteiger partial charge in [-0.15, -0.1) is 0 Å². The van der Waals surface area contributed by atoms with Crippen molar-refractivity contribution in [2.45, 2.75) is 31.7 Å². The third-order valence-corrected chi connectivity index (χ3v) is 3.74. The first-order valence-electron chi connectivity index (χ1n) is 5.75. The largest absolute Gasteiger partial charge is 0.314 e. The predicted octanol–water partition coefficient (Wildman–Crippen LogP) is 1.81. The van der Waals surface area contributed by atoms with Gasteiger partial charge in [0.15, 0.2) is 0 Å². The number of hydrogen-bond donors (Lipinski definition) is 1. The van der Waals surface area contributed by atoms with E-state index in [0.29, 0.717) is 0 Å². The molecular formula is C11H24N2S. The Hall–Kier alpha value is 0.270. The summed E-state index contributed by atoms with van der Waals surface area (Å²) >= 11 is 2.10. The van der Waals surface area contributed by atoms with Crippen LogP contribution in [0.3, 0.4) is 0 Å². The smallest absolute Gasteiger partial charge is 0.00678 e. The van der Waals surface area contributed by atoms with E-state index in [1.165, 1.54) is 50.3 Å². The standard InChI is InChI=1S/C11H24N2S/c1-13(2)8-10-14-9-4-6-11-5-3-7-12-11/h11-12H,3-10H2,1-2H3. The zero-order valence-electron chi connectivity index (χ0n) is 9.59. The Balaban J connectivity index is 1.79. The number of nitrogens with one attached hydrogen (secondary N) is 1. The van der Waals surface area contributed by atoms with Gasteiger partial charge in [-0.2, -0.15) is 11.8 Å². The summed E-state index contributed by atoms with van der Waals surface area (Å²) in [6, 6.07) is 0.837. The summed E-state index contributed by atoms with van der Waals surface area (Å²) in [4.78, 5) is 2.26. The highest BCUT2D eigenvalue weighted by Crippen LogP contribution is 2.13. The maximum Gasteiger partial charge on any atom is 0.00678 e. The number of hydrogen-bond acceptors (Lipinski definition) is 3. The molecule has 14 heavy (non-hydrogen) atoms. The fourth-order valence-corrected chi connectivity index (χ4v) is 2.85. The lowest BCUT2D eigenvalue weighted by Crippen LogP contribution is -2.21. The van der Waals surface area contributed by atoms with Crippen LogP contribution in [0.15, 0.2) is 0 Å². The fourth-order valence-electron chi connectivity index (χ4n) is 1.78. The van der Waals surface area contributed by atoms with E-state index in [1.54, 1.807) is 0 Å². The summed E-state index contributed by atoms with van der Waals surface area (Å²) in [5, 5.41) is 3.55. The predicted molar refractivity (Wildman–Crippen MR) is 66.1 cm³/mol. The van der Waals surface area contributed by atoms with E-state index in [1.807, 2.05) is 0 Å². The maximum atomic E-state index is 3.55. The Labute approximate surface area is 92.8 Å². The Morgan fingerprint density at radius 3 is 2.86 bits per heavy atom. The molecule has 0 bridgehead atoms. The van der Waals surface area contributed by atoms with Gasteiger partial charge < -0.3 is 10.2 Å². The maximum absolute atomic E-state index is 3.55. The molecule has 1 heterocycles. The first-order valence-corrected chi connectivity index (χ1v) is 6.90. The van der Waals surface area contributed by atoms with Crippen molar-refractivity contribution in [2.75, 3.05) is 38.7 Å². The zero-order valence-corrected chi connectivity index (χ0v) is 10.4. The second kappa shape index (κ2) is 7.55. The van der Waals surface area contributed by atoms with Crippen LogP contribution in [0.5, 0.6) is 0 Å². The van der Waals surface area contributed by atoms with Crippen LogP contribution in [-0.2, 0) is 0 Å². The van der Waals surface area contributed by atoms with Gasteiger partial charge in [0, 0.05) is 18.3 Å². The summed E-state index contributed by atoms with van der Waals surface area (Å²) in [6.45, 7) is 2.46. The van der Waals surface area contributed by atoms with E-state index >= 15 is 0 Å². The molecule has 1 rings (SSSR count). The summed E-state index contributed by atoms with van der Waals surface area (Å²) in [7, 11) is 4.28. The van der Waals surface area contributed by atoms with Crippen LogP contribution in [0.2, 0.25) is 0 Å². The lowest BCUT2D eigenvalue weighted by atomic mass is 10.1. The van der Waals surface area contributed by atoms with Gasteiger partial charge in [0.05, 0.1) is 0 Å². The minimum Gasteiger partial charge on any atom is -0.314 e. The van der Waals surface area contributed by atoms with Crippen LogP contribution >= 0.6 is 11.8 Å². The Morgan fingerprint density at radius 2 is 2.21 bits per heavy atom. The normalized spacial score (nSPS) is 22.1. The molecule has 0 saturated carbocycles. The van der Waals surface area contributed by atoms with E-state index in [4.69, 9.17) is 0 Å². The molecule has 0 aliphatic carbocycles. The quantitative estimate of drug-likeness (QED) is 0.654. The van der Waals surface area contributed by atoms with Crippen molar-refractivity contribution in [2.24, 2.45) is 0 Å². The van der Waals surface area contributed by atoms with Gasteiger partial charge in [0.1, 0.15) is 0 Å². The summed E-state index contributed by atoms with van der Waals surface area (Å²) < 4.78 is 0. The van der Waals surface area contributed by atoms with Crippen LogP contribution < -0.4 is 5.32 Å². The van der Waals surface area contributed by atoms with E-state index < -0.39 is 0 Å². The highest BCUT2D eigenvalue weighted by Gasteiger charge is 2.12. The molecule has 1 aliphatic heterocycles. The van der Waals surface area contributed by atoms with Crippen molar-refractivity contribution in [3.05, 3.63) is 0 Å². The summed E-state index contributed by atoms with van der Waals surface area (Å²) in [5.74, 6) is 2.62. The van der Waals surface area contributed by atoms with E-state index in [0.717, 1.165) is 6.04 Å².